The summed E-state index contributed by atoms with van der Waals surface area (Å²) in [6.07, 6.45) is 1.04. The van der Waals surface area contributed by atoms with E-state index in [1.807, 2.05) is 19.1 Å². The fourth-order valence-corrected chi connectivity index (χ4v) is 3.46. The van der Waals surface area contributed by atoms with Gasteiger partial charge >= 0.3 is 5.69 Å². The number of nitro groups is 2. The topological polar surface area (TPSA) is 144 Å². The lowest BCUT2D eigenvalue weighted by molar-refractivity contribution is -0.394. The Morgan fingerprint density at radius 2 is 1.76 bits per heavy atom. The minimum atomic E-state index is -0.969. The number of aryl methyl sites for hydroxylation is 1. The number of thioether (sulfide) groups is 1. The van der Waals surface area contributed by atoms with E-state index in [2.05, 4.69) is 0 Å². The van der Waals surface area contributed by atoms with Crippen molar-refractivity contribution in [2.45, 2.75) is 13.5 Å². The van der Waals surface area contributed by atoms with Gasteiger partial charge in [0.05, 0.1) is 27.4 Å². The molecule has 0 radical (unpaired) electrons. The second-order valence-electron chi connectivity index (χ2n) is 6.17. The molecule has 0 bridgehead atoms. The van der Waals surface area contributed by atoms with Gasteiger partial charge in [0.1, 0.15) is 0 Å². The number of rotatable bonds is 5. The van der Waals surface area contributed by atoms with Crippen molar-refractivity contribution in [1.29, 1.82) is 0 Å². The van der Waals surface area contributed by atoms with Gasteiger partial charge in [0.2, 0.25) is 5.75 Å². The van der Waals surface area contributed by atoms with Crippen molar-refractivity contribution in [1.82, 2.24) is 4.90 Å². The van der Waals surface area contributed by atoms with Crippen LogP contribution in [0.3, 0.4) is 0 Å². The number of hydrogen-bond acceptors (Lipinski definition) is 8. The molecule has 29 heavy (non-hydrogen) atoms. The summed E-state index contributed by atoms with van der Waals surface area (Å²) in [5.74, 6) is -1.49. The number of phenols is 1. The second-order valence-corrected chi connectivity index (χ2v) is 7.16. The zero-order chi connectivity index (χ0) is 21.3. The van der Waals surface area contributed by atoms with E-state index in [1.54, 1.807) is 12.1 Å². The van der Waals surface area contributed by atoms with Crippen molar-refractivity contribution in [2.75, 3.05) is 0 Å². The van der Waals surface area contributed by atoms with Gasteiger partial charge in [0.15, 0.2) is 0 Å². The molecule has 1 saturated heterocycles. The summed E-state index contributed by atoms with van der Waals surface area (Å²) in [6, 6.07) is 8.75. The largest absolute Gasteiger partial charge is 0.502 e. The van der Waals surface area contributed by atoms with Gasteiger partial charge in [-0.25, -0.2) is 0 Å². The molecule has 0 spiro atoms. The van der Waals surface area contributed by atoms with Crippen LogP contribution in [0, 0.1) is 27.2 Å². The molecule has 1 aliphatic rings. The number of carbonyl (C=O) groups is 2. The first-order valence-corrected chi connectivity index (χ1v) is 8.95. The molecule has 10 nitrogen and oxygen atoms in total. The molecule has 0 unspecified atom stereocenters. The van der Waals surface area contributed by atoms with Gasteiger partial charge in [-0.2, -0.15) is 0 Å². The molecule has 0 saturated carbocycles. The second kappa shape index (κ2) is 7.72. The fourth-order valence-electron chi connectivity index (χ4n) is 2.63. The molecule has 2 amide bonds. The molecule has 11 heteroatoms. The Bertz CT molecular complexity index is 1080. The zero-order valence-electron chi connectivity index (χ0n) is 14.9. The minimum Gasteiger partial charge on any atom is -0.502 e. The van der Waals surface area contributed by atoms with Gasteiger partial charge in [-0.05, 0) is 30.3 Å². The maximum absolute atomic E-state index is 12.6. The van der Waals surface area contributed by atoms with Crippen molar-refractivity contribution in [2.24, 2.45) is 0 Å². The van der Waals surface area contributed by atoms with E-state index < -0.39 is 38.1 Å². The summed E-state index contributed by atoms with van der Waals surface area (Å²) in [4.78, 5) is 46.0. The average molecular weight is 415 g/mol. The predicted octanol–water partition coefficient (Wildman–Crippen LogP) is 3.75. The Hall–Kier alpha value is -3.73. The minimum absolute atomic E-state index is 0.0311. The Morgan fingerprint density at radius 3 is 2.34 bits per heavy atom. The number of phenolic OH excluding ortho intramolecular Hbond substituents is 1. The Morgan fingerprint density at radius 1 is 1.10 bits per heavy atom. The molecule has 1 N–H and O–H groups in total. The molecule has 0 aromatic heterocycles. The zero-order valence-corrected chi connectivity index (χ0v) is 15.7. The highest BCUT2D eigenvalue weighted by Crippen LogP contribution is 2.39. The summed E-state index contributed by atoms with van der Waals surface area (Å²) in [7, 11) is 0. The third-order valence-corrected chi connectivity index (χ3v) is 5.04. The molecule has 0 atom stereocenters. The van der Waals surface area contributed by atoms with Crippen LogP contribution in [-0.4, -0.2) is 31.0 Å². The van der Waals surface area contributed by atoms with Gasteiger partial charge in [0, 0.05) is 11.6 Å². The molecular weight excluding hydrogens is 402 g/mol. The van der Waals surface area contributed by atoms with Gasteiger partial charge in [-0.1, -0.05) is 29.8 Å². The van der Waals surface area contributed by atoms with Crippen LogP contribution in [0.2, 0.25) is 0 Å². The molecule has 2 aromatic rings. The predicted molar refractivity (Wildman–Crippen MR) is 104 cm³/mol. The highest BCUT2D eigenvalue weighted by molar-refractivity contribution is 8.18. The van der Waals surface area contributed by atoms with E-state index in [9.17, 15) is 34.9 Å². The summed E-state index contributed by atoms with van der Waals surface area (Å²) in [5.41, 5.74) is -0.0470. The average Bonchev–Trinajstić information content (AvgIpc) is 2.92. The summed E-state index contributed by atoms with van der Waals surface area (Å²) in [5, 5.41) is 31.6. The van der Waals surface area contributed by atoms with Crippen molar-refractivity contribution < 1.29 is 24.5 Å². The van der Waals surface area contributed by atoms with Crippen LogP contribution in [0.5, 0.6) is 5.75 Å². The Labute approximate surface area is 167 Å². The molecule has 1 heterocycles. The number of nitrogens with zero attached hydrogens (tertiary/aromatic N) is 3. The van der Waals surface area contributed by atoms with Crippen LogP contribution in [0.1, 0.15) is 16.7 Å². The van der Waals surface area contributed by atoms with E-state index >= 15 is 0 Å². The van der Waals surface area contributed by atoms with E-state index in [-0.39, 0.29) is 17.0 Å². The Balaban J connectivity index is 1.96. The van der Waals surface area contributed by atoms with Crippen molar-refractivity contribution in [3.63, 3.8) is 0 Å². The van der Waals surface area contributed by atoms with Crippen molar-refractivity contribution >= 4 is 40.4 Å². The van der Waals surface area contributed by atoms with Crippen LogP contribution >= 0.6 is 11.8 Å². The maximum Gasteiger partial charge on any atom is 0.318 e. The SMILES string of the molecule is Cc1ccc(CN2C(=O)S/C(=C\c3cc([N+](=O)[O-])cc([N+](=O)[O-])c3O)C2=O)cc1. The van der Waals surface area contributed by atoms with E-state index in [0.29, 0.717) is 17.8 Å². The lowest BCUT2D eigenvalue weighted by atomic mass is 10.1. The van der Waals surface area contributed by atoms with Crippen molar-refractivity contribution in [3.05, 3.63) is 78.2 Å². The highest BCUT2D eigenvalue weighted by Gasteiger charge is 2.35. The third-order valence-electron chi connectivity index (χ3n) is 4.13. The lowest BCUT2D eigenvalue weighted by Gasteiger charge is -2.12. The standard InChI is InChI=1S/C18H13N3O7S/c1-10-2-4-11(5-3-10)9-19-17(23)15(29-18(19)24)7-12-6-13(20(25)26)8-14(16(12)22)21(27)28/h2-8,22H,9H2,1H3/b15-7-. The van der Waals surface area contributed by atoms with Crippen molar-refractivity contribution in [3.8, 4) is 5.75 Å². The molecule has 2 aromatic carbocycles. The quantitative estimate of drug-likeness (QED) is 0.441. The van der Waals surface area contributed by atoms with Crippen LogP contribution in [0.15, 0.2) is 41.3 Å². The van der Waals surface area contributed by atoms with Crippen LogP contribution < -0.4 is 0 Å². The third kappa shape index (κ3) is 4.09. The van der Waals surface area contributed by atoms with Gasteiger partial charge < -0.3 is 5.11 Å². The molecule has 1 fully saturated rings. The Kier molecular flexibility index (Phi) is 5.33. The maximum atomic E-state index is 12.6. The molecule has 1 aliphatic heterocycles. The number of nitro benzene ring substituents is 2. The van der Waals surface area contributed by atoms with E-state index in [0.717, 1.165) is 28.2 Å². The first kappa shape index (κ1) is 20.0. The molecular formula is C18H13N3O7S. The molecule has 0 aliphatic carbocycles. The normalized spacial score (nSPS) is 15.2. The van der Waals surface area contributed by atoms with Crippen LogP contribution in [0.4, 0.5) is 16.2 Å². The van der Waals surface area contributed by atoms with Crippen LogP contribution in [-0.2, 0) is 11.3 Å². The monoisotopic (exact) mass is 415 g/mol. The number of hydrogen-bond donors (Lipinski definition) is 1. The lowest BCUT2D eigenvalue weighted by Crippen LogP contribution is -2.27. The van der Waals surface area contributed by atoms with E-state index in [4.69, 9.17) is 0 Å². The smallest absolute Gasteiger partial charge is 0.318 e. The van der Waals surface area contributed by atoms with Gasteiger partial charge in [0.25, 0.3) is 16.8 Å². The molecule has 148 valence electrons. The number of aromatic hydroxyl groups is 1. The number of carbonyl (C=O) groups excluding carboxylic acids is 2. The van der Waals surface area contributed by atoms with E-state index in [1.165, 1.54) is 0 Å². The summed E-state index contributed by atoms with van der Waals surface area (Å²) < 4.78 is 0. The number of non-ortho nitro benzene ring substituents is 1. The summed E-state index contributed by atoms with van der Waals surface area (Å²) >= 11 is 0.584. The van der Waals surface area contributed by atoms with Crippen LogP contribution in [0.25, 0.3) is 6.08 Å². The number of benzene rings is 2. The number of imide groups is 1. The number of amides is 2. The highest BCUT2D eigenvalue weighted by atomic mass is 32.2. The summed E-state index contributed by atoms with van der Waals surface area (Å²) in [6.45, 7) is 1.93. The first-order chi connectivity index (χ1) is 13.7. The molecule has 3 rings (SSSR count). The first-order valence-electron chi connectivity index (χ1n) is 8.14. The van der Waals surface area contributed by atoms with Gasteiger partial charge in [-0.15, -0.1) is 0 Å². The fraction of sp³-hybridized carbons (Fsp3) is 0.111. The van der Waals surface area contributed by atoms with Gasteiger partial charge in [-0.3, -0.25) is 34.7 Å².